The van der Waals surface area contributed by atoms with E-state index in [0.29, 0.717) is 25.0 Å². The summed E-state index contributed by atoms with van der Waals surface area (Å²) < 4.78 is 11.5. The normalized spacial score (nSPS) is 16.1. The first-order valence-electron chi connectivity index (χ1n) is 6.27. The van der Waals surface area contributed by atoms with Crippen molar-refractivity contribution in [3.63, 3.8) is 0 Å². The lowest BCUT2D eigenvalue weighted by molar-refractivity contribution is -0.139. The second-order valence-electron chi connectivity index (χ2n) is 4.46. The molecule has 0 aliphatic carbocycles. The molecule has 0 aromatic heterocycles. The minimum absolute atomic E-state index is 0.165. The van der Waals surface area contributed by atoms with Gasteiger partial charge in [0.05, 0.1) is 16.5 Å². The highest BCUT2D eigenvalue weighted by Crippen LogP contribution is 2.38. The molecular formula is C14H12BrNO5S2. The van der Waals surface area contributed by atoms with E-state index in [-0.39, 0.29) is 11.7 Å². The van der Waals surface area contributed by atoms with Crippen LogP contribution in [0.25, 0.3) is 6.08 Å². The topological polar surface area (TPSA) is 76.1 Å². The summed E-state index contributed by atoms with van der Waals surface area (Å²) in [4.78, 5) is 24.6. The SMILES string of the molecule is COc1cc(C=C2SC(=S)N(C)C2=O)cc(Br)c1OCC(=O)O. The Morgan fingerprint density at radius 2 is 2.22 bits per heavy atom. The Hall–Kier alpha value is -1.58. The van der Waals surface area contributed by atoms with E-state index >= 15 is 0 Å². The van der Waals surface area contributed by atoms with E-state index in [1.807, 2.05) is 0 Å². The summed E-state index contributed by atoms with van der Waals surface area (Å²) in [6.07, 6.45) is 1.69. The molecule has 6 nitrogen and oxygen atoms in total. The lowest BCUT2D eigenvalue weighted by Crippen LogP contribution is -2.22. The number of aliphatic carboxylic acids is 1. The van der Waals surface area contributed by atoms with Crippen molar-refractivity contribution in [3.8, 4) is 11.5 Å². The average molecular weight is 418 g/mol. The zero-order chi connectivity index (χ0) is 17.1. The predicted molar refractivity (Wildman–Crippen MR) is 94.8 cm³/mol. The third-order valence-electron chi connectivity index (χ3n) is 2.88. The summed E-state index contributed by atoms with van der Waals surface area (Å²) in [6, 6.07) is 3.37. The second-order valence-corrected chi connectivity index (χ2v) is 6.99. The summed E-state index contributed by atoms with van der Waals surface area (Å²) >= 11 is 9.62. The number of hydrogen-bond acceptors (Lipinski definition) is 6. The standard InChI is InChI=1S/C14H12BrNO5S2/c1-16-13(19)10(23-14(16)22)5-7-3-8(15)12(9(4-7)20-2)21-6-11(17)18/h3-5H,6H2,1-2H3,(H,17,18). The number of hydrogen-bond donors (Lipinski definition) is 1. The lowest BCUT2D eigenvalue weighted by Gasteiger charge is -2.12. The zero-order valence-electron chi connectivity index (χ0n) is 12.2. The summed E-state index contributed by atoms with van der Waals surface area (Å²) in [7, 11) is 3.07. The average Bonchev–Trinajstić information content (AvgIpc) is 2.72. The predicted octanol–water partition coefficient (Wildman–Crippen LogP) is 2.75. The number of amides is 1. The molecule has 1 aliphatic rings. The van der Waals surface area contributed by atoms with Gasteiger partial charge in [-0.2, -0.15) is 0 Å². The maximum atomic E-state index is 12.0. The Labute approximate surface area is 150 Å². The Kier molecular flexibility index (Phi) is 5.66. The number of likely N-dealkylation sites (N-methyl/N-ethyl adjacent to an activating group) is 1. The van der Waals surface area contributed by atoms with Gasteiger partial charge in [-0.25, -0.2) is 4.79 Å². The Morgan fingerprint density at radius 3 is 2.74 bits per heavy atom. The van der Waals surface area contributed by atoms with Crippen molar-refractivity contribution in [3.05, 3.63) is 27.1 Å². The van der Waals surface area contributed by atoms with Crippen molar-refractivity contribution in [2.75, 3.05) is 20.8 Å². The molecular weight excluding hydrogens is 406 g/mol. The van der Waals surface area contributed by atoms with E-state index in [1.54, 1.807) is 25.3 Å². The molecule has 1 aromatic rings. The molecule has 23 heavy (non-hydrogen) atoms. The van der Waals surface area contributed by atoms with Crippen molar-refractivity contribution < 1.29 is 24.2 Å². The quantitative estimate of drug-likeness (QED) is 0.582. The minimum Gasteiger partial charge on any atom is -0.493 e. The fraction of sp³-hybridized carbons (Fsp3) is 0.214. The first-order chi connectivity index (χ1) is 10.8. The number of rotatable bonds is 5. The van der Waals surface area contributed by atoms with Gasteiger partial charge in [0.2, 0.25) is 0 Å². The first-order valence-corrected chi connectivity index (χ1v) is 8.29. The lowest BCUT2D eigenvalue weighted by atomic mass is 10.2. The fourth-order valence-corrected chi connectivity index (χ4v) is 3.55. The van der Waals surface area contributed by atoms with Gasteiger partial charge >= 0.3 is 5.97 Å². The summed E-state index contributed by atoms with van der Waals surface area (Å²) in [5, 5.41) is 8.70. The molecule has 1 aromatic carbocycles. The molecule has 0 radical (unpaired) electrons. The maximum absolute atomic E-state index is 12.0. The molecule has 1 saturated heterocycles. The van der Waals surface area contributed by atoms with Gasteiger partial charge in [-0.05, 0) is 39.7 Å². The first kappa shape index (κ1) is 17.8. The zero-order valence-corrected chi connectivity index (χ0v) is 15.4. The summed E-state index contributed by atoms with van der Waals surface area (Å²) in [5.74, 6) is -0.607. The molecule has 122 valence electrons. The number of thioether (sulfide) groups is 1. The number of benzene rings is 1. The number of carboxylic acid groups (broad SMARTS) is 1. The van der Waals surface area contributed by atoms with Crippen molar-refractivity contribution in [2.24, 2.45) is 0 Å². The van der Waals surface area contributed by atoms with E-state index in [0.717, 1.165) is 0 Å². The molecule has 1 amide bonds. The number of ether oxygens (including phenoxy) is 2. The van der Waals surface area contributed by atoms with Crippen LogP contribution in [-0.2, 0) is 9.59 Å². The Balaban J connectivity index is 2.35. The van der Waals surface area contributed by atoms with Crippen LogP contribution in [0, 0.1) is 0 Å². The van der Waals surface area contributed by atoms with Gasteiger partial charge in [-0.3, -0.25) is 9.69 Å². The molecule has 0 spiro atoms. The van der Waals surface area contributed by atoms with E-state index in [9.17, 15) is 9.59 Å². The third kappa shape index (κ3) is 4.04. The number of thiocarbonyl (C=S) groups is 1. The number of methoxy groups -OCH3 is 1. The molecule has 2 rings (SSSR count). The molecule has 0 unspecified atom stereocenters. The molecule has 1 N–H and O–H groups in total. The van der Waals surface area contributed by atoms with Crippen LogP contribution in [0.5, 0.6) is 11.5 Å². The highest BCUT2D eigenvalue weighted by molar-refractivity contribution is 9.10. The summed E-state index contributed by atoms with van der Waals surface area (Å²) in [6.45, 7) is -0.483. The van der Waals surface area contributed by atoms with Gasteiger partial charge in [0.1, 0.15) is 4.32 Å². The van der Waals surface area contributed by atoms with Gasteiger partial charge in [0.15, 0.2) is 18.1 Å². The molecule has 0 saturated carbocycles. The highest BCUT2D eigenvalue weighted by atomic mass is 79.9. The van der Waals surface area contributed by atoms with E-state index in [2.05, 4.69) is 15.9 Å². The minimum atomic E-state index is -1.09. The van der Waals surface area contributed by atoms with Gasteiger partial charge in [-0.1, -0.05) is 24.0 Å². The molecule has 1 fully saturated rings. The largest absolute Gasteiger partial charge is 0.493 e. The number of halogens is 1. The smallest absolute Gasteiger partial charge is 0.341 e. The third-order valence-corrected chi connectivity index (χ3v) is 4.95. The van der Waals surface area contributed by atoms with Gasteiger partial charge in [-0.15, -0.1) is 0 Å². The van der Waals surface area contributed by atoms with E-state index in [4.69, 9.17) is 26.8 Å². The molecule has 1 aliphatic heterocycles. The van der Waals surface area contributed by atoms with Crippen LogP contribution in [0.2, 0.25) is 0 Å². The monoisotopic (exact) mass is 417 g/mol. The number of carbonyl (C=O) groups is 2. The van der Waals surface area contributed by atoms with Gasteiger partial charge < -0.3 is 14.6 Å². The summed E-state index contributed by atoms with van der Waals surface area (Å²) in [5.41, 5.74) is 0.699. The van der Waals surface area contributed by atoms with E-state index < -0.39 is 12.6 Å². The van der Waals surface area contributed by atoms with Crippen LogP contribution in [0.1, 0.15) is 5.56 Å². The second kappa shape index (κ2) is 7.33. The molecule has 9 heteroatoms. The Bertz CT molecular complexity index is 719. The van der Waals surface area contributed by atoms with Crippen molar-refractivity contribution in [2.45, 2.75) is 0 Å². The van der Waals surface area contributed by atoms with Gasteiger partial charge in [0.25, 0.3) is 5.91 Å². The van der Waals surface area contributed by atoms with Crippen LogP contribution in [0.4, 0.5) is 0 Å². The van der Waals surface area contributed by atoms with Crippen LogP contribution in [-0.4, -0.2) is 47.0 Å². The van der Waals surface area contributed by atoms with Crippen LogP contribution in [0.3, 0.4) is 0 Å². The van der Waals surface area contributed by atoms with Crippen LogP contribution in [0.15, 0.2) is 21.5 Å². The van der Waals surface area contributed by atoms with Crippen molar-refractivity contribution >= 4 is 62.2 Å². The van der Waals surface area contributed by atoms with Crippen molar-refractivity contribution in [1.29, 1.82) is 0 Å². The number of nitrogens with zero attached hydrogens (tertiary/aromatic N) is 1. The van der Waals surface area contributed by atoms with Crippen LogP contribution < -0.4 is 9.47 Å². The maximum Gasteiger partial charge on any atom is 0.341 e. The molecule has 1 heterocycles. The fourth-order valence-electron chi connectivity index (χ4n) is 1.79. The van der Waals surface area contributed by atoms with Crippen molar-refractivity contribution in [1.82, 2.24) is 4.90 Å². The number of carboxylic acids is 1. The molecule has 0 bridgehead atoms. The van der Waals surface area contributed by atoms with E-state index in [1.165, 1.54) is 23.8 Å². The van der Waals surface area contributed by atoms with Gasteiger partial charge in [0, 0.05) is 7.05 Å². The number of carbonyl (C=O) groups excluding carboxylic acids is 1. The van der Waals surface area contributed by atoms with Crippen LogP contribution >= 0.6 is 39.9 Å². The molecule has 0 atom stereocenters. The highest BCUT2D eigenvalue weighted by Gasteiger charge is 2.28. The Morgan fingerprint density at radius 1 is 1.52 bits per heavy atom.